The number of rotatable bonds is 3. The minimum atomic E-state index is -0.237. The van der Waals surface area contributed by atoms with Gasteiger partial charge in [-0.1, -0.05) is 23.7 Å². The fourth-order valence-corrected chi connectivity index (χ4v) is 4.61. The molecule has 0 saturated heterocycles. The highest BCUT2D eigenvalue weighted by Crippen LogP contribution is 2.39. The summed E-state index contributed by atoms with van der Waals surface area (Å²) in [5.74, 6) is 1.63. The molecule has 2 aromatic heterocycles. The van der Waals surface area contributed by atoms with Crippen LogP contribution in [0.2, 0.25) is 5.02 Å². The molecule has 0 fully saturated rings. The minimum absolute atomic E-state index is 0.237. The quantitative estimate of drug-likeness (QED) is 0.657. The molecule has 1 aliphatic heterocycles. The average Bonchev–Trinajstić information content (AvgIpc) is 3.09. The van der Waals surface area contributed by atoms with E-state index in [9.17, 15) is 0 Å². The summed E-state index contributed by atoms with van der Waals surface area (Å²) >= 11 is 7.82. The first-order chi connectivity index (χ1) is 12.5. The van der Waals surface area contributed by atoms with Gasteiger partial charge in [0.05, 0.1) is 5.71 Å². The lowest BCUT2D eigenvalue weighted by Gasteiger charge is -2.10. The zero-order valence-corrected chi connectivity index (χ0v) is 16.3. The summed E-state index contributed by atoms with van der Waals surface area (Å²) in [4.78, 5) is 6.29. The minimum Gasteiger partial charge on any atom is -0.313 e. The van der Waals surface area contributed by atoms with E-state index in [0.29, 0.717) is 11.4 Å². The van der Waals surface area contributed by atoms with Crippen LogP contribution in [0.25, 0.3) is 5.00 Å². The Bertz CT molecular complexity index is 1030. The van der Waals surface area contributed by atoms with Crippen molar-refractivity contribution < 1.29 is 0 Å². The highest BCUT2D eigenvalue weighted by atomic mass is 35.5. The van der Waals surface area contributed by atoms with Gasteiger partial charge in [-0.3, -0.25) is 9.56 Å². The van der Waals surface area contributed by atoms with Crippen molar-refractivity contribution >= 4 is 34.9 Å². The van der Waals surface area contributed by atoms with Crippen molar-refractivity contribution in [1.29, 1.82) is 5.41 Å². The second-order valence-electron chi connectivity index (χ2n) is 6.34. The second kappa shape index (κ2) is 6.45. The summed E-state index contributed by atoms with van der Waals surface area (Å²) in [5, 5.41) is 18.0. The third-order valence-electron chi connectivity index (χ3n) is 4.70. The van der Waals surface area contributed by atoms with Crippen molar-refractivity contribution in [2.75, 3.05) is 0 Å². The van der Waals surface area contributed by atoms with Crippen LogP contribution < -0.4 is 0 Å². The number of hydrogen-bond donors (Lipinski definition) is 1. The van der Waals surface area contributed by atoms with E-state index in [-0.39, 0.29) is 6.04 Å². The van der Waals surface area contributed by atoms with E-state index in [2.05, 4.69) is 28.6 Å². The van der Waals surface area contributed by atoms with E-state index in [1.165, 1.54) is 16.7 Å². The van der Waals surface area contributed by atoms with Gasteiger partial charge in [-0.05, 0) is 44.7 Å². The average molecular weight is 384 g/mol. The topological polar surface area (TPSA) is 66.9 Å². The maximum absolute atomic E-state index is 7.59. The van der Waals surface area contributed by atoms with E-state index in [4.69, 9.17) is 22.0 Å². The largest absolute Gasteiger partial charge is 0.313 e. The smallest absolute Gasteiger partial charge is 0.163 e. The highest BCUT2D eigenvalue weighted by Gasteiger charge is 2.30. The monoisotopic (exact) mass is 383 g/mol. The fourth-order valence-electron chi connectivity index (χ4n) is 3.27. The molecular formula is C19H18ClN5S. The third kappa shape index (κ3) is 2.61. The molecule has 0 spiro atoms. The molecule has 1 aliphatic rings. The number of aryl methyl sites for hydroxylation is 2. The van der Waals surface area contributed by atoms with Crippen molar-refractivity contribution in [1.82, 2.24) is 14.8 Å². The second-order valence-corrected chi connectivity index (χ2v) is 7.98. The summed E-state index contributed by atoms with van der Waals surface area (Å²) in [6.45, 7) is 6.22. The number of aliphatic imine (C=N–C) groups is 1. The van der Waals surface area contributed by atoms with Gasteiger partial charge in [-0.15, -0.1) is 21.5 Å². The summed E-state index contributed by atoms with van der Waals surface area (Å²) in [6, 6.07) is 7.53. The summed E-state index contributed by atoms with van der Waals surface area (Å²) in [7, 11) is 0. The van der Waals surface area contributed by atoms with Gasteiger partial charge in [-0.2, -0.15) is 0 Å². The van der Waals surface area contributed by atoms with Crippen LogP contribution >= 0.6 is 22.9 Å². The standard InChI is InChI=1S/C19H18ClN5S/c1-10-11(2)26-19-16(10)17(13-4-6-14(20)7-5-13)22-15(8-9-21)18-24-23-12(3)25(18)19/h4-7,9,15,21H,8H2,1-3H3. The first-order valence-corrected chi connectivity index (χ1v) is 9.56. The first kappa shape index (κ1) is 17.1. The normalized spacial score (nSPS) is 15.8. The van der Waals surface area contributed by atoms with E-state index >= 15 is 0 Å². The SMILES string of the molecule is Cc1sc2c(c1C)C(c1ccc(Cl)cc1)=NC(CC=N)c1nnc(C)n1-2. The number of hydrogen-bond acceptors (Lipinski definition) is 5. The van der Waals surface area contributed by atoms with Crippen LogP contribution in [-0.2, 0) is 0 Å². The molecule has 0 radical (unpaired) electrons. The fraction of sp³-hybridized carbons (Fsp3) is 0.263. The molecule has 5 nitrogen and oxygen atoms in total. The predicted octanol–water partition coefficient (Wildman–Crippen LogP) is 4.84. The molecule has 0 saturated carbocycles. The maximum atomic E-state index is 7.59. The van der Waals surface area contributed by atoms with Crippen molar-refractivity contribution in [3.63, 3.8) is 0 Å². The molecular weight excluding hydrogens is 366 g/mol. The summed E-state index contributed by atoms with van der Waals surface area (Å²) in [6.07, 6.45) is 1.88. The molecule has 0 bridgehead atoms. The molecule has 3 aromatic rings. The van der Waals surface area contributed by atoms with Gasteiger partial charge in [0.1, 0.15) is 16.9 Å². The molecule has 1 aromatic carbocycles. The molecule has 1 unspecified atom stereocenters. The lowest BCUT2D eigenvalue weighted by Crippen LogP contribution is -2.07. The van der Waals surface area contributed by atoms with Crippen LogP contribution in [0, 0.1) is 26.2 Å². The van der Waals surface area contributed by atoms with Crippen LogP contribution in [-0.4, -0.2) is 26.7 Å². The zero-order valence-electron chi connectivity index (χ0n) is 14.7. The maximum Gasteiger partial charge on any atom is 0.163 e. The van der Waals surface area contributed by atoms with Gasteiger partial charge in [0.15, 0.2) is 5.82 Å². The van der Waals surface area contributed by atoms with Crippen LogP contribution in [0.5, 0.6) is 0 Å². The van der Waals surface area contributed by atoms with Gasteiger partial charge < -0.3 is 5.41 Å². The Kier molecular flexibility index (Phi) is 4.25. The Morgan fingerprint density at radius 1 is 1.19 bits per heavy atom. The predicted molar refractivity (Wildman–Crippen MR) is 107 cm³/mol. The van der Waals surface area contributed by atoms with Gasteiger partial charge in [0.25, 0.3) is 0 Å². The molecule has 7 heteroatoms. The third-order valence-corrected chi connectivity index (χ3v) is 6.14. The number of halogens is 1. The molecule has 0 amide bonds. The molecule has 132 valence electrons. The lowest BCUT2D eigenvalue weighted by molar-refractivity contribution is 0.690. The number of fused-ring (bicyclic) bond motifs is 3. The highest BCUT2D eigenvalue weighted by molar-refractivity contribution is 7.15. The van der Waals surface area contributed by atoms with Crippen molar-refractivity contribution in [2.24, 2.45) is 4.99 Å². The van der Waals surface area contributed by atoms with Crippen molar-refractivity contribution in [2.45, 2.75) is 33.2 Å². The lowest BCUT2D eigenvalue weighted by atomic mass is 10.00. The summed E-state index contributed by atoms with van der Waals surface area (Å²) < 4.78 is 2.10. The van der Waals surface area contributed by atoms with E-state index in [1.807, 2.05) is 31.2 Å². The molecule has 0 aliphatic carbocycles. The van der Waals surface area contributed by atoms with Gasteiger partial charge in [0.2, 0.25) is 0 Å². The van der Waals surface area contributed by atoms with E-state index in [0.717, 1.165) is 33.5 Å². The zero-order chi connectivity index (χ0) is 18.4. The number of benzene rings is 1. The van der Waals surface area contributed by atoms with E-state index in [1.54, 1.807) is 11.3 Å². The van der Waals surface area contributed by atoms with E-state index < -0.39 is 0 Å². The first-order valence-electron chi connectivity index (χ1n) is 8.36. The molecule has 1 N–H and O–H groups in total. The Hall–Kier alpha value is -2.31. The van der Waals surface area contributed by atoms with Crippen LogP contribution in [0.1, 0.15) is 45.7 Å². The number of thiophene rings is 1. The molecule has 4 rings (SSSR count). The Balaban J connectivity index is 2.05. The van der Waals surface area contributed by atoms with Gasteiger partial charge in [0, 0.05) is 27.4 Å². The van der Waals surface area contributed by atoms with Gasteiger partial charge in [-0.25, -0.2) is 0 Å². The number of nitrogens with one attached hydrogen (secondary N) is 1. The van der Waals surface area contributed by atoms with Crippen molar-refractivity contribution in [3.05, 3.63) is 62.5 Å². The molecule has 3 heterocycles. The van der Waals surface area contributed by atoms with Crippen molar-refractivity contribution in [3.8, 4) is 5.00 Å². The summed E-state index contributed by atoms with van der Waals surface area (Å²) in [5.41, 5.74) is 4.28. The molecule has 26 heavy (non-hydrogen) atoms. The Morgan fingerprint density at radius 3 is 2.62 bits per heavy atom. The Morgan fingerprint density at radius 2 is 1.92 bits per heavy atom. The number of nitrogens with zero attached hydrogens (tertiary/aromatic N) is 4. The number of aromatic nitrogens is 3. The Labute approximate surface area is 160 Å². The van der Waals surface area contributed by atoms with Crippen LogP contribution in [0.3, 0.4) is 0 Å². The molecule has 1 atom stereocenters. The van der Waals surface area contributed by atoms with Crippen LogP contribution in [0.4, 0.5) is 0 Å². The van der Waals surface area contributed by atoms with Gasteiger partial charge >= 0.3 is 0 Å². The van der Waals surface area contributed by atoms with Crippen LogP contribution in [0.15, 0.2) is 29.3 Å².